The fraction of sp³-hybridized carbons (Fsp3) is 0.273. The molecular weight excluding hydrogens is 188 g/mol. The van der Waals surface area contributed by atoms with Crippen molar-refractivity contribution in [2.45, 2.75) is 19.9 Å². The highest BCUT2D eigenvalue weighted by molar-refractivity contribution is 5.56. The van der Waals surface area contributed by atoms with Crippen molar-refractivity contribution in [2.75, 3.05) is 5.73 Å². The number of nitrogens with zero attached hydrogens (tertiary/aromatic N) is 3. The molecule has 4 nitrogen and oxygen atoms in total. The number of aryl methyl sites for hydroxylation is 1. The molecule has 0 saturated heterocycles. The lowest BCUT2D eigenvalue weighted by Crippen LogP contribution is -2.02. The first-order valence-electron chi connectivity index (χ1n) is 5.05. The summed E-state index contributed by atoms with van der Waals surface area (Å²) in [4.78, 5) is 4.28. The van der Waals surface area contributed by atoms with Crippen LogP contribution < -0.4 is 5.73 Å². The fourth-order valence-electron chi connectivity index (χ4n) is 1.50. The lowest BCUT2D eigenvalue weighted by Gasteiger charge is -2.05. The normalized spacial score (nSPS) is 10.5. The summed E-state index contributed by atoms with van der Waals surface area (Å²) in [5.41, 5.74) is 8.22. The van der Waals surface area contributed by atoms with E-state index in [1.807, 2.05) is 22.9 Å². The number of anilines is 1. The smallest absolute Gasteiger partial charge is 0.0884 e. The van der Waals surface area contributed by atoms with Crippen LogP contribution in [-0.2, 0) is 6.54 Å². The zero-order valence-electron chi connectivity index (χ0n) is 8.72. The van der Waals surface area contributed by atoms with Gasteiger partial charge < -0.3 is 5.73 Å². The van der Waals surface area contributed by atoms with Crippen LogP contribution in [-0.4, -0.2) is 14.8 Å². The molecule has 15 heavy (non-hydrogen) atoms. The van der Waals surface area contributed by atoms with Crippen LogP contribution in [0.4, 0.5) is 5.69 Å². The van der Waals surface area contributed by atoms with E-state index in [-0.39, 0.29) is 0 Å². The molecule has 0 saturated carbocycles. The molecule has 0 aliphatic rings. The average Bonchev–Trinajstić information content (AvgIpc) is 2.68. The largest absolute Gasteiger partial charge is 0.397 e. The predicted octanol–water partition coefficient (Wildman–Crippen LogP) is 1.94. The molecule has 0 spiro atoms. The van der Waals surface area contributed by atoms with E-state index in [2.05, 4.69) is 17.0 Å². The topological polar surface area (TPSA) is 56.7 Å². The third-order valence-electron chi connectivity index (χ3n) is 2.20. The maximum absolute atomic E-state index is 5.59. The third-order valence-corrected chi connectivity index (χ3v) is 2.20. The van der Waals surface area contributed by atoms with E-state index in [0.717, 1.165) is 24.4 Å². The number of aromatic nitrogens is 3. The van der Waals surface area contributed by atoms with Crippen molar-refractivity contribution in [3.63, 3.8) is 0 Å². The van der Waals surface area contributed by atoms with Gasteiger partial charge in [0.2, 0.25) is 0 Å². The van der Waals surface area contributed by atoms with E-state index in [1.165, 1.54) is 0 Å². The molecule has 2 aromatic rings. The maximum atomic E-state index is 5.59. The summed E-state index contributed by atoms with van der Waals surface area (Å²) in [7, 11) is 0. The Balaban J connectivity index is 2.36. The molecule has 0 aromatic carbocycles. The van der Waals surface area contributed by atoms with Gasteiger partial charge in [0, 0.05) is 12.7 Å². The molecule has 4 heteroatoms. The summed E-state index contributed by atoms with van der Waals surface area (Å²) in [5, 5.41) is 4.25. The molecule has 2 N–H and O–H groups in total. The van der Waals surface area contributed by atoms with Crippen molar-refractivity contribution in [3.8, 4) is 11.4 Å². The summed E-state index contributed by atoms with van der Waals surface area (Å²) >= 11 is 0. The SMILES string of the molecule is CCCn1nccc1-c1ccc(N)cn1. The minimum absolute atomic E-state index is 0.681. The first-order chi connectivity index (χ1) is 7.31. The molecule has 0 radical (unpaired) electrons. The number of rotatable bonds is 3. The Morgan fingerprint density at radius 2 is 2.20 bits per heavy atom. The lowest BCUT2D eigenvalue weighted by molar-refractivity contribution is 0.608. The molecule has 2 rings (SSSR count). The first kappa shape index (κ1) is 9.71. The second-order valence-corrected chi connectivity index (χ2v) is 3.42. The third kappa shape index (κ3) is 1.98. The minimum atomic E-state index is 0.681. The number of pyridine rings is 1. The summed E-state index contributed by atoms with van der Waals surface area (Å²) in [6.07, 6.45) is 4.52. The van der Waals surface area contributed by atoms with Crippen molar-refractivity contribution in [1.82, 2.24) is 14.8 Å². The van der Waals surface area contributed by atoms with Crippen LogP contribution in [0.25, 0.3) is 11.4 Å². The molecule has 2 aromatic heterocycles. The number of hydrogen-bond acceptors (Lipinski definition) is 3. The number of hydrogen-bond donors (Lipinski definition) is 1. The zero-order valence-corrected chi connectivity index (χ0v) is 8.72. The van der Waals surface area contributed by atoms with Gasteiger partial charge in [0.25, 0.3) is 0 Å². The van der Waals surface area contributed by atoms with Gasteiger partial charge in [-0.2, -0.15) is 5.10 Å². The number of nitrogens with two attached hydrogens (primary N) is 1. The highest BCUT2D eigenvalue weighted by Crippen LogP contribution is 2.17. The van der Waals surface area contributed by atoms with E-state index in [0.29, 0.717) is 5.69 Å². The fourth-order valence-corrected chi connectivity index (χ4v) is 1.50. The van der Waals surface area contributed by atoms with Crippen molar-refractivity contribution in [3.05, 3.63) is 30.6 Å². The molecule has 0 unspecified atom stereocenters. The monoisotopic (exact) mass is 202 g/mol. The highest BCUT2D eigenvalue weighted by atomic mass is 15.3. The van der Waals surface area contributed by atoms with Gasteiger partial charge in [-0.3, -0.25) is 9.67 Å². The molecule has 0 amide bonds. The summed E-state index contributed by atoms with van der Waals surface area (Å²) < 4.78 is 1.96. The summed E-state index contributed by atoms with van der Waals surface area (Å²) in [5.74, 6) is 0. The van der Waals surface area contributed by atoms with Crippen LogP contribution in [0.2, 0.25) is 0 Å². The van der Waals surface area contributed by atoms with Gasteiger partial charge in [-0.1, -0.05) is 6.92 Å². The molecule has 0 atom stereocenters. The highest BCUT2D eigenvalue weighted by Gasteiger charge is 2.05. The van der Waals surface area contributed by atoms with E-state index < -0.39 is 0 Å². The molecule has 0 aliphatic carbocycles. The molecule has 78 valence electrons. The Morgan fingerprint density at radius 1 is 1.33 bits per heavy atom. The minimum Gasteiger partial charge on any atom is -0.397 e. The van der Waals surface area contributed by atoms with Crippen LogP contribution in [0.15, 0.2) is 30.6 Å². The summed E-state index contributed by atoms with van der Waals surface area (Å²) in [6, 6.07) is 5.73. The van der Waals surface area contributed by atoms with E-state index >= 15 is 0 Å². The first-order valence-corrected chi connectivity index (χ1v) is 5.05. The molecule has 0 bridgehead atoms. The van der Waals surface area contributed by atoms with Crippen LogP contribution in [0.3, 0.4) is 0 Å². The molecular formula is C11H14N4. The maximum Gasteiger partial charge on any atom is 0.0884 e. The predicted molar refractivity (Wildman–Crippen MR) is 60.2 cm³/mol. The number of nitrogen functional groups attached to an aromatic ring is 1. The Labute approximate surface area is 88.8 Å². The van der Waals surface area contributed by atoms with Crippen molar-refractivity contribution in [1.29, 1.82) is 0 Å². The molecule has 0 fully saturated rings. The lowest BCUT2D eigenvalue weighted by atomic mass is 10.2. The van der Waals surface area contributed by atoms with Crippen molar-refractivity contribution < 1.29 is 0 Å². The van der Waals surface area contributed by atoms with Gasteiger partial charge in [0.1, 0.15) is 0 Å². The summed E-state index contributed by atoms with van der Waals surface area (Å²) in [6.45, 7) is 3.04. The van der Waals surface area contributed by atoms with E-state index in [1.54, 1.807) is 12.4 Å². The second kappa shape index (κ2) is 4.13. The van der Waals surface area contributed by atoms with Crippen LogP contribution in [0.5, 0.6) is 0 Å². The van der Waals surface area contributed by atoms with Gasteiger partial charge in [0.05, 0.1) is 23.3 Å². The second-order valence-electron chi connectivity index (χ2n) is 3.42. The Morgan fingerprint density at radius 3 is 2.87 bits per heavy atom. The van der Waals surface area contributed by atoms with Gasteiger partial charge in [-0.15, -0.1) is 0 Å². The Kier molecular flexibility index (Phi) is 2.67. The Bertz CT molecular complexity index is 430. The van der Waals surface area contributed by atoms with E-state index in [4.69, 9.17) is 5.73 Å². The van der Waals surface area contributed by atoms with Crippen LogP contribution in [0.1, 0.15) is 13.3 Å². The molecule has 2 heterocycles. The quantitative estimate of drug-likeness (QED) is 0.827. The van der Waals surface area contributed by atoms with Crippen molar-refractivity contribution >= 4 is 5.69 Å². The van der Waals surface area contributed by atoms with Crippen molar-refractivity contribution in [2.24, 2.45) is 0 Å². The standard InChI is InChI=1S/C11H14N4/c1-2-7-15-11(5-6-14-15)10-4-3-9(12)8-13-10/h3-6,8H,2,7,12H2,1H3. The van der Waals surface area contributed by atoms with Crippen LogP contribution >= 0.6 is 0 Å². The Hall–Kier alpha value is -1.84. The average molecular weight is 202 g/mol. The van der Waals surface area contributed by atoms with Gasteiger partial charge in [-0.25, -0.2) is 0 Å². The van der Waals surface area contributed by atoms with Gasteiger partial charge >= 0.3 is 0 Å². The van der Waals surface area contributed by atoms with Crippen LogP contribution in [0, 0.1) is 0 Å². The molecule has 0 aliphatic heterocycles. The van der Waals surface area contributed by atoms with Gasteiger partial charge in [0.15, 0.2) is 0 Å². The zero-order chi connectivity index (χ0) is 10.7. The van der Waals surface area contributed by atoms with Gasteiger partial charge in [-0.05, 0) is 24.6 Å². The van der Waals surface area contributed by atoms with E-state index in [9.17, 15) is 0 Å².